The van der Waals surface area contributed by atoms with E-state index in [1.165, 1.54) is 0 Å². The third kappa shape index (κ3) is 2.96. The summed E-state index contributed by atoms with van der Waals surface area (Å²) in [7, 11) is 1.64. The summed E-state index contributed by atoms with van der Waals surface area (Å²) >= 11 is 6.07. The van der Waals surface area contributed by atoms with E-state index < -0.39 is 0 Å². The van der Waals surface area contributed by atoms with E-state index in [2.05, 4.69) is 15.3 Å². The first-order valence-corrected chi connectivity index (χ1v) is 6.31. The fraction of sp³-hybridized carbons (Fsp3) is 0.286. The fourth-order valence-electron chi connectivity index (χ4n) is 1.71. The smallest absolute Gasteiger partial charge is 0.138 e. The fourth-order valence-corrected chi connectivity index (χ4v) is 1.92. The highest BCUT2D eigenvalue weighted by Gasteiger charge is 2.09. The van der Waals surface area contributed by atoms with E-state index in [-0.39, 0.29) is 0 Å². The van der Waals surface area contributed by atoms with Crippen molar-refractivity contribution in [2.75, 3.05) is 12.4 Å². The summed E-state index contributed by atoms with van der Waals surface area (Å²) in [6.07, 6.45) is 0. The Hall–Kier alpha value is -1.81. The van der Waals surface area contributed by atoms with Gasteiger partial charge in [0.05, 0.1) is 7.11 Å². The average Bonchev–Trinajstić information content (AvgIpc) is 2.38. The van der Waals surface area contributed by atoms with Crippen LogP contribution in [0.2, 0.25) is 5.15 Å². The number of rotatable bonds is 3. The zero-order valence-electron chi connectivity index (χ0n) is 11.4. The Bertz CT molecular complexity index is 614. The van der Waals surface area contributed by atoms with Gasteiger partial charge in [-0.25, -0.2) is 9.97 Å². The summed E-state index contributed by atoms with van der Waals surface area (Å²) in [5.74, 6) is 2.15. The van der Waals surface area contributed by atoms with Gasteiger partial charge in [0.25, 0.3) is 0 Å². The first kappa shape index (κ1) is 13.6. The molecule has 1 aromatic heterocycles. The van der Waals surface area contributed by atoms with Crippen molar-refractivity contribution in [3.05, 3.63) is 40.3 Å². The number of aryl methyl sites for hydroxylation is 2. The summed E-state index contributed by atoms with van der Waals surface area (Å²) in [5, 5.41) is 3.75. The molecule has 0 fully saturated rings. The molecule has 0 atom stereocenters. The molecule has 0 aliphatic heterocycles. The molecule has 100 valence electrons. The van der Waals surface area contributed by atoms with Gasteiger partial charge in [-0.3, -0.25) is 0 Å². The van der Waals surface area contributed by atoms with Crippen LogP contribution in [0.15, 0.2) is 18.2 Å². The maximum atomic E-state index is 6.07. The second-order valence-corrected chi connectivity index (χ2v) is 4.70. The number of aromatic nitrogens is 2. The number of hydrogen-bond donors (Lipinski definition) is 1. The molecule has 0 aliphatic rings. The Labute approximate surface area is 117 Å². The maximum Gasteiger partial charge on any atom is 0.138 e. The molecular weight excluding hydrogens is 262 g/mol. The molecule has 0 bridgehead atoms. The number of anilines is 2. The molecule has 0 saturated carbocycles. The van der Waals surface area contributed by atoms with E-state index >= 15 is 0 Å². The van der Waals surface area contributed by atoms with Crippen molar-refractivity contribution < 1.29 is 4.74 Å². The lowest BCUT2D eigenvalue weighted by atomic mass is 10.2. The summed E-state index contributed by atoms with van der Waals surface area (Å²) in [5.41, 5.74) is 2.87. The minimum absolute atomic E-state index is 0.468. The van der Waals surface area contributed by atoms with E-state index in [1.807, 2.05) is 39.0 Å². The Morgan fingerprint density at radius 1 is 1.16 bits per heavy atom. The number of benzene rings is 1. The second-order valence-electron chi connectivity index (χ2n) is 4.34. The Kier molecular flexibility index (Phi) is 3.90. The molecule has 4 nitrogen and oxygen atoms in total. The summed E-state index contributed by atoms with van der Waals surface area (Å²) in [6, 6.07) is 5.85. The van der Waals surface area contributed by atoms with Gasteiger partial charge < -0.3 is 10.1 Å². The highest BCUT2D eigenvalue weighted by molar-refractivity contribution is 6.30. The van der Waals surface area contributed by atoms with Gasteiger partial charge in [-0.05, 0) is 32.4 Å². The average molecular weight is 278 g/mol. The highest BCUT2D eigenvalue weighted by Crippen LogP contribution is 2.27. The van der Waals surface area contributed by atoms with Crippen LogP contribution in [-0.2, 0) is 0 Å². The predicted molar refractivity (Wildman–Crippen MR) is 77.5 cm³/mol. The Morgan fingerprint density at radius 3 is 2.58 bits per heavy atom. The third-order valence-corrected chi connectivity index (χ3v) is 3.26. The van der Waals surface area contributed by atoms with E-state index in [4.69, 9.17) is 16.3 Å². The molecule has 2 aromatic rings. The van der Waals surface area contributed by atoms with Crippen LogP contribution < -0.4 is 10.1 Å². The van der Waals surface area contributed by atoms with Crippen LogP contribution in [0.5, 0.6) is 5.75 Å². The monoisotopic (exact) mass is 277 g/mol. The SMILES string of the molecule is COc1ccc(C)c(Nc2nc(C)nc(Cl)c2C)c1. The lowest BCUT2D eigenvalue weighted by molar-refractivity contribution is 0.415. The van der Waals surface area contributed by atoms with Crippen molar-refractivity contribution in [2.24, 2.45) is 0 Å². The van der Waals surface area contributed by atoms with E-state index in [9.17, 15) is 0 Å². The minimum atomic E-state index is 0.468. The molecule has 0 amide bonds. The quantitative estimate of drug-likeness (QED) is 0.867. The third-order valence-electron chi connectivity index (χ3n) is 2.90. The first-order chi connectivity index (χ1) is 9.01. The minimum Gasteiger partial charge on any atom is -0.497 e. The molecule has 1 N–H and O–H groups in total. The van der Waals surface area contributed by atoms with E-state index in [1.54, 1.807) is 7.11 Å². The Morgan fingerprint density at radius 2 is 1.89 bits per heavy atom. The van der Waals surface area contributed by atoms with Crippen LogP contribution in [0.4, 0.5) is 11.5 Å². The van der Waals surface area contributed by atoms with Gasteiger partial charge in [0.15, 0.2) is 0 Å². The van der Waals surface area contributed by atoms with Crippen molar-refractivity contribution >= 4 is 23.1 Å². The van der Waals surface area contributed by atoms with Crippen LogP contribution >= 0.6 is 11.6 Å². The van der Waals surface area contributed by atoms with Crippen molar-refractivity contribution in [3.63, 3.8) is 0 Å². The number of halogens is 1. The molecule has 1 heterocycles. The van der Waals surface area contributed by atoms with Crippen LogP contribution in [0, 0.1) is 20.8 Å². The Balaban J connectivity index is 2.41. The lowest BCUT2D eigenvalue weighted by Gasteiger charge is -2.13. The number of methoxy groups -OCH3 is 1. The highest BCUT2D eigenvalue weighted by atomic mass is 35.5. The van der Waals surface area contributed by atoms with Gasteiger partial charge >= 0.3 is 0 Å². The second kappa shape index (κ2) is 5.45. The van der Waals surface area contributed by atoms with Gasteiger partial charge in [0.1, 0.15) is 22.5 Å². The van der Waals surface area contributed by atoms with Crippen LogP contribution in [0.3, 0.4) is 0 Å². The van der Waals surface area contributed by atoms with Crippen LogP contribution in [0.25, 0.3) is 0 Å². The van der Waals surface area contributed by atoms with Gasteiger partial charge in [-0.1, -0.05) is 17.7 Å². The van der Waals surface area contributed by atoms with Crippen molar-refractivity contribution in [3.8, 4) is 5.75 Å². The van der Waals surface area contributed by atoms with Crippen LogP contribution in [-0.4, -0.2) is 17.1 Å². The number of nitrogens with one attached hydrogen (secondary N) is 1. The molecule has 2 rings (SSSR count). The molecular formula is C14H16ClN3O. The summed E-state index contributed by atoms with van der Waals surface area (Å²) in [4.78, 5) is 8.50. The predicted octanol–water partition coefficient (Wildman–Crippen LogP) is 3.81. The number of hydrogen-bond acceptors (Lipinski definition) is 4. The number of nitrogens with zero attached hydrogens (tertiary/aromatic N) is 2. The molecule has 0 saturated heterocycles. The number of ether oxygens (including phenoxy) is 1. The zero-order chi connectivity index (χ0) is 14.0. The van der Waals surface area contributed by atoms with Crippen molar-refractivity contribution in [1.82, 2.24) is 9.97 Å². The molecule has 0 unspecified atom stereocenters. The molecule has 0 aliphatic carbocycles. The molecule has 5 heteroatoms. The zero-order valence-corrected chi connectivity index (χ0v) is 12.2. The maximum absolute atomic E-state index is 6.07. The van der Waals surface area contributed by atoms with E-state index in [0.29, 0.717) is 16.8 Å². The van der Waals surface area contributed by atoms with Gasteiger partial charge in [-0.15, -0.1) is 0 Å². The largest absolute Gasteiger partial charge is 0.497 e. The van der Waals surface area contributed by atoms with Gasteiger partial charge in [0, 0.05) is 17.3 Å². The molecule has 0 radical (unpaired) electrons. The van der Waals surface area contributed by atoms with Crippen molar-refractivity contribution in [2.45, 2.75) is 20.8 Å². The van der Waals surface area contributed by atoms with Gasteiger partial charge in [-0.2, -0.15) is 0 Å². The summed E-state index contributed by atoms with van der Waals surface area (Å²) < 4.78 is 5.23. The standard InChI is InChI=1S/C14H16ClN3O/c1-8-5-6-11(19-4)7-12(8)18-14-9(2)13(15)16-10(3)17-14/h5-7H,1-4H3,(H,16,17,18). The molecule has 1 aromatic carbocycles. The first-order valence-electron chi connectivity index (χ1n) is 5.93. The lowest BCUT2D eigenvalue weighted by Crippen LogP contribution is -2.02. The normalized spacial score (nSPS) is 10.4. The van der Waals surface area contributed by atoms with Crippen LogP contribution in [0.1, 0.15) is 17.0 Å². The summed E-state index contributed by atoms with van der Waals surface area (Å²) in [6.45, 7) is 5.72. The van der Waals surface area contributed by atoms with Gasteiger partial charge in [0.2, 0.25) is 0 Å². The van der Waals surface area contributed by atoms with Crippen molar-refractivity contribution in [1.29, 1.82) is 0 Å². The molecule has 19 heavy (non-hydrogen) atoms. The topological polar surface area (TPSA) is 47.0 Å². The van der Waals surface area contributed by atoms with E-state index in [0.717, 1.165) is 22.6 Å². The molecule has 0 spiro atoms.